The first kappa shape index (κ1) is 16.0. The van der Waals surface area contributed by atoms with E-state index >= 15 is 0 Å². The van der Waals surface area contributed by atoms with E-state index in [2.05, 4.69) is 10.3 Å². The molecular formula is C20H20N2O2. The van der Waals surface area contributed by atoms with Crippen LogP contribution in [0.15, 0.2) is 60.8 Å². The highest BCUT2D eigenvalue weighted by atomic mass is 16.5. The third-order valence-electron chi connectivity index (χ3n) is 4.04. The predicted octanol–water partition coefficient (Wildman–Crippen LogP) is 4.38. The number of carbonyl (C=O) groups is 1. The number of carbonyl (C=O) groups excluding carboxylic acids is 1. The zero-order valence-corrected chi connectivity index (χ0v) is 13.8. The summed E-state index contributed by atoms with van der Waals surface area (Å²) >= 11 is 0. The zero-order chi connectivity index (χ0) is 16.9. The van der Waals surface area contributed by atoms with Crippen molar-refractivity contribution in [3.8, 4) is 5.75 Å². The maximum absolute atomic E-state index is 12.3. The monoisotopic (exact) mass is 320 g/mol. The van der Waals surface area contributed by atoms with Crippen molar-refractivity contribution in [2.75, 3.05) is 12.4 Å². The number of nitrogens with zero attached hydrogens (tertiary/aromatic N) is 1. The number of rotatable bonds is 5. The Kier molecular flexibility index (Phi) is 4.75. The summed E-state index contributed by atoms with van der Waals surface area (Å²) in [6.07, 6.45) is 2.18. The van der Waals surface area contributed by atoms with Crippen molar-refractivity contribution in [1.82, 2.24) is 4.98 Å². The summed E-state index contributed by atoms with van der Waals surface area (Å²) in [5.74, 6) is 0.914. The van der Waals surface area contributed by atoms with E-state index in [0.29, 0.717) is 6.42 Å². The van der Waals surface area contributed by atoms with E-state index in [1.165, 1.54) is 0 Å². The summed E-state index contributed by atoms with van der Waals surface area (Å²) in [5.41, 5.74) is 2.80. The number of hydrogen-bond acceptors (Lipinski definition) is 3. The maximum atomic E-state index is 12.3. The molecule has 1 amide bonds. The lowest BCUT2D eigenvalue weighted by molar-refractivity contribution is -0.116. The smallest absolute Gasteiger partial charge is 0.224 e. The Bertz CT molecular complexity index is 861. The lowest BCUT2D eigenvalue weighted by atomic mass is 9.97. The molecular weight excluding hydrogens is 300 g/mol. The molecule has 1 aromatic heterocycles. The van der Waals surface area contributed by atoms with Gasteiger partial charge >= 0.3 is 0 Å². The van der Waals surface area contributed by atoms with Gasteiger partial charge in [-0.2, -0.15) is 0 Å². The molecule has 1 atom stereocenters. The lowest BCUT2D eigenvalue weighted by Gasteiger charge is -2.13. The van der Waals surface area contributed by atoms with Gasteiger partial charge in [0, 0.05) is 23.7 Å². The van der Waals surface area contributed by atoms with Crippen LogP contribution < -0.4 is 10.1 Å². The fourth-order valence-corrected chi connectivity index (χ4v) is 2.71. The number of nitrogens with one attached hydrogen (secondary N) is 1. The second-order valence-electron chi connectivity index (χ2n) is 5.84. The summed E-state index contributed by atoms with van der Waals surface area (Å²) in [4.78, 5) is 16.6. The molecule has 3 aromatic rings. The largest absolute Gasteiger partial charge is 0.497 e. The zero-order valence-electron chi connectivity index (χ0n) is 13.8. The maximum Gasteiger partial charge on any atom is 0.224 e. The van der Waals surface area contributed by atoms with Gasteiger partial charge in [-0.05, 0) is 47.9 Å². The normalized spacial score (nSPS) is 11.9. The van der Waals surface area contributed by atoms with Crippen molar-refractivity contribution in [2.24, 2.45) is 0 Å². The van der Waals surface area contributed by atoms with Crippen molar-refractivity contribution in [3.05, 3.63) is 66.4 Å². The van der Waals surface area contributed by atoms with Crippen molar-refractivity contribution in [1.29, 1.82) is 0 Å². The van der Waals surface area contributed by atoms with Crippen molar-refractivity contribution in [2.45, 2.75) is 19.3 Å². The number of benzene rings is 2. The molecule has 0 spiro atoms. The summed E-state index contributed by atoms with van der Waals surface area (Å²) < 4.78 is 5.24. The van der Waals surface area contributed by atoms with Gasteiger partial charge in [0.15, 0.2) is 0 Å². The Morgan fingerprint density at radius 1 is 1.17 bits per heavy atom. The molecule has 3 rings (SSSR count). The molecule has 4 nitrogen and oxygen atoms in total. The van der Waals surface area contributed by atoms with E-state index < -0.39 is 0 Å². The number of anilines is 1. The van der Waals surface area contributed by atoms with Crippen LogP contribution in [-0.2, 0) is 4.79 Å². The summed E-state index contributed by atoms with van der Waals surface area (Å²) in [6, 6.07) is 17.4. The SMILES string of the molecule is COc1cccc(C(C)CC(=O)Nc2ccc3ncccc3c2)c1. The van der Waals surface area contributed by atoms with Crippen LogP contribution >= 0.6 is 0 Å². The first-order valence-corrected chi connectivity index (χ1v) is 7.94. The number of pyridine rings is 1. The minimum atomic E-state index is -0.00596. The third-order valence-corrected chi connectivity index (χ3v) is 4.04. The van der Waals surface area contributed by atoms with Crippen LogP contribution in [0.4, 0.5) is 5.69 Å². The number of methoxy groups -OCH3 is 1. The van der Waals surface area contributed by atoms with Gasteiger partial charge in [-0.3, -0.25) is 9.78 Å². The lowest BCUT2D eigenvalue weighted by Crippen LogP contribution is -2.14. The molecule has 0 aliphatic rings. The average Bonchev–Trinajstić information content (AvgIpc) is 2.61. The molecule has 1 unspecified atom stereocenters. The number of fused-ring (bicyclic) bond motifs is 1. The van der Waals surface area contributed by atoms with Gasteiger partial charge in [0.2, 0.25) is 5.91 Å². The molecule has 0 aliphatic carbocycles. The highest BCUT2D eigenvalue weighted by molar-refractivity contribution is 5.93. The van der Waals surface area contributed by atoms with Gasteiger partial charge in [-0.25, -0.2) is 0 Å². The van der Waals surface area contributed by atoms with Crippen molar-refractivity contribution in [3.63, 3.8) is 0 Å². The molecule has 0 aliphatic heterocycles. The van der Waals surface area contributed by atoms with Crippen LogP contribution in [-0.4, -0.2) is 18.0 Å². The Morgan fingerprint density at radius 3 is 2.88 bits per heavy atom. The van der Waals surface area contributed by atoms with Gasteiger partial charge in [-0.1, -0.05) is 25.1 Å². The van der Waals surface area contributed by atoms with Crippen LogP contribution in [0, 0.1) is 0 Å². The third kappa shape index (κ3) is 3.71. The second kappa shape index (κ2) is 7.13. The molecule has 4 heteroatoms. The highest BCUT2D eigenvalue weighted by Crippen LogP contribution is 2.24. The highest BCUT2D eigenvalue weighted by Gasteiger charge is 2.12. The number of ether oxygens (including phenoxy) is 1. The van der Waals surface area contributed by atoms with Crippen LogP contribution in [0.1, 0.15) is 24.8 Å². The van der Waals surface area contributed by atoms with E-state index in [1.54, 1.807) is 13.3 Å². The van der Waals surface area contributed by atoms with Crippen LogP contribution in [0.25, 0.3) is 10.9 Å². The van der Waals surface area contributed by atoms with Crippen LogP contribution in [0.5, 0.6) is 5.75 Å². The van der Waals surface area contributed by atoms with Crippen LogP contribution in [0.2, 0.25) is 0 Å². The van der Waals surface area contributed by atoms with Gasteiger partial charge < -0.3 is 10.1 Å². The molecule has 0 saturated heterocycles. The molecule has 0 bridgehead atoms. The molecule has 0 saturated carbocycles. The molecule has 2 aromatic carbocycles. The molecule has 122 valence electrons. The van der Waals surface area contributed by atoms with Crippen LogP contribution in [0.3, 0.4) is 0 Å². The molecule has 24 heavy (non-hydrogen) atoms. The fourth-order valence-electron chi connectivity index (χ4n) is 2.71. The minimum Gasteiger partial charge on any atom is -0.497 e. The topological polar surface area (TPSA) is 51.2 Å². The standard InChI is InChI=1S/C20H20N2O2/c1-14(15-5-3-7-18(13-15)24-2)11-20(23)22-17-8-9-19-16(12-17)6-4-10-21-19/h3-10,12-14H,11H2,1-2H3,(H,22,23). The minimum absolute atomic E-state index is 0.00596. The van der Waals surface area contributed by atoms with Crippen molar-refractivity contribution < 1.29 is 9.53 Å². The quantitative estimate of drug-likeness (QED) is 0.759. The number of aromatic nitrogens is 1. The Hall–Kier alpha value is -2.88. The first-order valence-electron chi connectivity index (χ1n) is 7.94. The van der Waals surface area contributed by atoms with Gasteiger partial charge in [-0.15, -0.1) is 0 Å². The summed E-state index contributed by atoms with van der Waals surface area (Å²) in [7, 11) is 1.64. The predicted molar refractivity (Wildman–Crippen MR) is 96.4 cm³/mol. The van der Waals surface area contributed by atoms with E-state index in [0.717, 1.165) is 27.9 Å². The molecule has 0 radical (unpaired) electrons. The molecule has 1 heterocycles. The summed E-state index contributed by atoms with van der Waals surface area (Å²) in [5, 5.41) is 3.98. The summed E-state index contributed by atoms with van der Waals surface area (Å²) in [6.45, 7) is 2.04. The average molecular weight is 320 g/mol. The Labute approximate surface area is 141 Å². The van der Waals surface area contributed by atoms with E-state index in [-0.39, 0.29) is 11.8 Å². The molecule has 1 N–H and O–H groups in total. The van der Waals surface area contributed by atoms with Gasteiger partial charge in [0.25, 0.3) is 0 Å². The number of amides is 1. The van der Waals surface area contributed by atoms with E-state index in [4.69, 9.17) is 4.74 Å². The van der Waals surface area contributed by atoms with Gasteiger partial charge in [0.1, 0.15) is 5.75 Å². The Morgan fingerprint density at radius 2 is 2.04 bits per heavy atom. The second-order valence-corrected chi connectivity index (χ2v) is 5.84. The first-order chi connectivity index (χ1) is 11.7. The Balaban J connectivity index is 1.67. The molecule has 0 fully saturated rings. The van der Waals surface area contributed by atoms with Gasteiger partial charge in [0.05, 0.1) is 12.6 Å². The van der Waals surface area contributed by atoms with E-state index in [9.17, 15) is 4.79 Å². The number of hydrogen-bond donors (Lipinski definition) is 1. The fraction of sp³-hybridized carbons (Fsp3) is 0.200. The van der Waals surface area contributed by atoms with Crippen molar-refractivity contribution >= 4 is 22.5 Å². The van der Waals surface area contributed by atoms with E-state index in [1.807, 2.05) is 61.5 Å².